The monoisotopic (exact) mass is 381 g/mol. The zero-order valence-electron chi connectivity index (χ0n) is 16.1. The summed E-state index contributed by atoms with van der Waals surface area (Å²) in [6.45, 7) is 5.25. The van der Waals surface area contributed by atoms with Crippen LogP contribution in [0.25, 0.3) is 16.2 Å². The molecule has 3 aromatic rings. The van der Waals surface area contributed by atoms with Crippen molar-refractivity contribution in [2.45, 2.75) is 58.4 Å². The van der Waals surface area contributed by atoms with Crippen molar-refractivity contribution >= 4 is 22.2 Å². The first kappa shape index (κ1) is 18.2. The van der Waals surface area contributed by atoms with Crippen molar-refractivity contribution in [2.24, 2.45) is 0 Å². The van der Waals surface area contributed by atoms with Crippen LogP contribution in [0.5, 0.6) is 0 Å². The molecule has 4 rings (SSSR count). The fraction of sp³-hybridized carbons (Fsp3) is 0.455. The predicted octanol–water partition coefficient (Wildman–Crippen LogP) is 4.96. The Hall–Kier alpha value is -2.14. The Morgan fingerprint density at radius 3 is 2.78 bits per heavy atom. The third-order valence-corrected chi connectivity index (χ3v) is 6.58. The summed E-state index contributed by atoms with van der Waals surface area (Å²) >= 11 is 1.61. The third-order valence-electron chi connectivity index (χ3n) is 5.69. The highest BCUT2D eigenvalue weighted by atomic mass is 32.1. The lowest BCUT2D eigenvalue weighted by molar-refractivity contribution is -0.134. The zero-order valence-corrected chi connectivity index (χ0v) is 17.0. The van der Waals surface area contributed by atoms with E-state index in [1.807, 2.05) is 0 Å². The Bertz CT molecular complexity index is 925. The number of piperidine rings is 1. The minimum absolute atomic E-state index is 0.254. The van der Waals surface area contributed by atoms with E-state index in [9.17, 15) is 4.79 Å². The second kappa shape index (κ2) is 7.85. The van der Waals surface area contributed by atoms with Crippen LogP contribution in [0.2, 0.25) is 0 Å². The molecule has 1 fully saturated rings. The maximum atomic E-state index is 12.9. The Morgan fingerprint density at radius 2 is 2.04 bits per heavy atom. The first-order valence-electron chi connectivity index (χ1n) is 10.0. The van der Waals surface area contributed by atoms with E-state index in [1.165, 1.54) is 12.0 Å². The average molecular weight is 382 g/mol. The average Bonchev–Trinajstić information content (AvgIpc) is 3.30. The summed E-state index contributed by atoms with van der Waals surface area (Å²) in [6.07, 6.45) is 8.14. The summed E-state index contributed by atoms with van der Waals surface area (Å²) in [7, 11) is 0. The van der Waals surface area contributed by atoms with Crippen LogP contribution in [0, 0.1) is 0 Å². The third kappa shape index (κ3) is 3.65. The van der Waals surface area contributed by atoms with Gasteiger partial charge in [-0.3, -0.25) is 9.20 Å². The van der Waals surface area contributed by atoms with E-state index in [0.29, 0.717) is 12.5 Å². The van der Waals surface area contributed by atoms with Gasteiger partial charge in [-0.2, -0.15) is 0 Å². The molecular weight excluding hydrogens is 354 g/mol. The second-order valence-corrected chi connectivity index (χ2v) is 8.21. The Labute approximate surface area is 164 Å². The molecule has 27 heavy (non-hydrogen) atoms. The number of fused-ring (bicyclic) bond motifs is 1. The van der Waals surface area contributed by atoms with Gasteiger partial charge in [0.2, 0.25) is 5.91 Å². The van der Waals surface area contributed by atoms with Gasteiger partial charge in [0, 0.05) is 35.4 Å². The molecule has 1 aliphatic heterocycles. The number of thiazole rings is 1. The minimum Gasteiger partial charge on any atom is -0.339 e. The maximum absolute atomic E-state index is 12.9. The number of nitrogens with zero attached hydrogens (tertiary/aromatic N) is 3. The van der Waals surface area contributed by atoms with E-state index in [1.54, 1.807) is 11.3 Å². The number of carbonyl (C=O) groups is 1. The van der Waals surface area contributed by atoms with Crippen molar-refractivity contribution in [3.05, 3.63) is 47.1 Å². The number of amides is 1. The number of likely N-dealkylation sites (tertiary alicyclic amines) is 1. The molecule has 5 heteroatoms. The first-order valence-corrected chi connectivity index (χ1v) is 10.9. The predicted molar refractivity (Wildman–Crippen MR) is 111 cm³/mol. The molecule has 0 bridgehead atoms. The van der Waals surface area contributed by atoms with Gasteiger partial charge in [0.05, 0.1) is 12.1 Å². The lowest BCUT2D eigenvalue weighted by Gasteiger charge is -2.35. The number of benzene rings is 1. The van der Waals surface area contributed by atoms with Crippen molar-refractivity contribution in [3.8, 4) is 11.3 Å². The van der Waals surface area contributed by atoms with Crippen LogP contribution in [0.4, 0.5) is 0 Å². The summed E-state index contributed by atoms with van der Waals surface area (Å²) < 4.78 is 2.09. The van der Waals surface area contributed by atoms with Crippen molar-refractivity contribution in [3.63, 3.8) is 0 Å². The fourth-order valence-corrected chi connectivity index (χ4v) is 4.89. The molecule has 0 aliphatic carbocycles. The molecule has 3 heterocycles. The van der Waals surface area contributed by atoms with Gasteiger partial charge in [-0.25, -0.2) is 4.98 Å². The lowest BCUT2D eigenvalue weighted by Crippen LogP contribution is -2.44. The number of hydrogen-bond donors (Lipinski definition) is 0. The quantitative estimate of drug-likeness (QED) is 0.626. The molecule has 1 aliphatic rings. The van der Waals surface area contributed by atoms with Crippen LogP contribution in [0.15, 0.2) is 35.8 Å². The van der Waals surface area contributed by atoms with Gasteiger partial charge in [0.1, 0.15) is 0 Å². The molecule has 1 unspecified atom stereocenters. The van der Waals surface area contributed by atoms with Crippen LogP contribution in [0.3, 0.4) is 0 Å². The van der Waals surface area contributed by atoms with Crippen LogP contribution in [0.1, 0.15) is 50.8 Å². The normalized spacial score (nSPS) is 17.6. The number of carbonyl (C=O) groups excluding carboxylic acids is 1. The van der Waals surface area contributed by atoms with Crippen LogP contribution < -0.4 is 0 Å². The van der Waals surface area contributed by atoms with Gasteiger partial charge in [-0.15, -0.1) is 11.3 Å². The fourth-order valence-electron chi connectivity index (χ4n) is 4.02. The molecule has 1 saturated heterocycles. The molecule has 0 N–H and O–H groups in total. The Morgan fingerprint density at radius 1 is 1.22 bits per heavy atom. The van der Waals surface area contributed by atoms with Crippen molar-refractivity contribution in [1.82, 2.24) is 14.3 Å². The molecule has 2 aromatic heterocycles. The van der Waals surface area contributed by atoms with Gasteiger partial charge >= 0.3 is 0 Å². The van der Waals surface area contributed by atoms with Gasteiger partial charge in [-0.1, -0.05) is 38.1 Å². The van der Waals surface area contributed by atoms with Crippen LogP contribution in [-0.4, -0.2) is 32.8 Å². The standard InChI is InChI=1S/C22H27N3OS/c1-3-16-8-10-17(11-9-16)20-14-25-19(15-27-22(25)23-20)13-21(26)24-12-6-5-7-18(24)4-2/h8-11,14-15,18H,3-7,12-13H2,1-2H3. The highest BCUT2D eigenvalue weighted by molar-refractivity contribution is 7.15. The summed E-state index contributed by atoms with van der Waals surface area (Å²) in [5, 5.41) is 2.08. The van der Waals surface area contributed by atoms with E-state index in [0.717, 1.165) is 54.1 Å². The second-order valence-electron chi connectivity index (χ2n) is 7.38. The largest absolute Gasteiger partial charge is 0.339 e. The topological polar surface area (TPSA) is 37.6 Å². The molecular formula is C22H27N3OS. The Balaban J connectivity index is 1.55. The summed E-state index contributed by atoms with van der Waals surface area (Å²) in [5.74, 6) is 0.254. The van der Waals surface area contributed by atoms with E-state index in [-0.39, 0.29) is 5.91 Å². The number of aromatic nitrogens is 2. The minimum atomic E-state index is 0.254. The Kier molecular flexibility index (Phi) is 5.30. The molecule has 0 radical (unpaired) electrons. The summed E-state index contributed by atoms with van der Waals surface area (Å²) in [5.41, 5.74) is 4.48. The SMILES string of the molecule is CCc1ccc(-c2cn3c(CC(=O)N4CCCCC4CC)csc3n2)cc1. The van der Waals surface area contributed by atoms with Crippen molar-refractivity contribution in [1.29, 1.82) is 0 Å². The molecule has 0 saturated carbocycles. The van der Waals surface area contributed by atoms with Crippen molar-refractivity contribution in [2.75, 3.05) is 6.54 Å². The van der Waals surface area contributed by atoms with Gasteiger partial charge in [0.15, 0.2) is 4.96 Å². The highest BCUT2D eigenvalue weighted by Crippen LogP contribution is 2.26. The number of imidazole rings is 1. The van der Waals surface area contributed by atoms with E-state index >= 15 is 0 Å². The smallest absolute Gasteiger partial charge is 0.228 e. The molecule has 1 amide bonds. The number of hydrogen-bond acceptors (Lipinski definition) is 3. The lowest BCUT2D eigenvalue weighted by atomic mass is 9.99. The van der Waals surface area contributed by atoms with E-state index < -0.39 is 0 Å². The zero-order chi connectivity index (χ0) is 18.8. The van der Waals surface area contributed by atoms with Gasteiger partial charge in [-0.05, 0) is 37.7 Å². The number of rotatable bonds is 5. The molecule has 142 valence electrons. The number of aryl methyl sites for hydroxylation is 1. The van der Waals surface area contributed by atoms with E-state index in [2.05, 4.69) is 59.0 Å². The molecule has 4 nitrogen and oxygen atoms in total. The highest BCUT2D eigenvalue weighted by Gasteiger charge is 2.26. The summed E-state index contributed by atoms with van der Waals surface area (Å²) in [6, 6.07) is 9.00. The van der Waals surface area contributed by atoms with Gasteiger partial charge < -0.3 is 4.90 Å². The molecule has 1 atom stereocenters. The molecule has 1 aromatic carbocycles. The van der Waals surface area contributed by atoms with Crippen LogP contribution >= 0.6 is 11.3 Å². The van der Waals surface area contributed by atoms with Gasteiger partial charge in [0.25, 0.3) is 0 Å². The molecule has 0 spiro atoms. The summed E-state index contributed by atoms with van der Waals surface area (Å²) in [4.78, 5) is 20.8. The van der Waals surface area contributed by atoms with E-state index in [4.69, 9.17) is 4.98 Å². The first-order chi connectivity index (χ1) is 13.2. The van der Waals surface area contributed by atoms with Crippen LogP contribution in [-0.2, 0) is 17.6 Å². The van der Waals surface area contributed by atoms with Crippen molar-refractivity contribution < 1.29 is 4.79 Å². The maximum Gasteiger partial charge on any atom is 0.228 e.